The topological polar surface area (TPSA) is 79.7 Å². The van der Waals surface area contributed by atoms with Crippen molar-refractivity contribution in [2.24, 2.45) is 0 Å². The van der Waals surface area contributed by atoms with E-state index in [0.29, 0.717) is 23.4 Å². The van der Waals surface area contributed by atoms with Gasteiger partial charge in [0.2, 0.25) is 5.88 Å². The van der Waals surface area contributed by atoms with Crippen molar-refractivity contribution in [2.75, 3.05) is 30.6 Å². The number of nitrogens with one attached hydrogen (secondary N) is 1. The van der Waals surface area contributed by atoms with Crippen molar-refractivity contribution in [3.63, 3.8) is 0 Å². The second-order valence-electron chi connectivity index (χ2n) is 6.54. The van der Waals surface area contributed by atoms with Crippen LogP contribution in [0.1, 0.15) is 12.8 Å². The Morgan fingerprint density at radius 2 is 1.85 bits per heavy atom. The molecule has 0 radical (unpaired) electrons. The zero-order valence-corrected chi connectivity index (χ0v) is 15.1. The van der Waals surface area contributed by atoms with Crippen LogP contribution in [0.5, 0.6) is 11.6 Å². The smallest absolute Gasteiger partial charge is 0.230 e. The van der Waals surface area contributed by atoms with Gasteiger partial charge in [0.25, 0.3) is 0 Å². The largest absolute Gasteiger partial charge is 0.438 e. The molecule has 0 atom stereocenters. The first-order valence-electron chi connectivity index (χ1n) is 8.97. The summed E-state index contributed by atoms with van der Waals surface area (Å²) in [5, 5.41) is 9.76. The lowest BCUT2D eigenvalue weighted by atomic mass is 10.1. The summed E-state index contributed by atoms with van der Waals surface area (Å²) in [6.45, 7) is 1.95. The first-order chi connectivity index (χ1) is 13.3. The maximum Gasteiger partial charge on any atom is 0.230 e. The van der Waals surface area contributed by atoms with Gasteiger partial charge < -0.3 is 14.4 Å². The maximum absolute atomic E-state index is 8.90. The Bertz CT molecular complexity index is 909. The highest BCUT2D eigenvalue weighted by atomic mass is 16.5. The average Bonchev–Trinajstić information content (AvgIpc) is 2.74. The molecule has 1 aromatic heterocycles. The monoisotopic (exact) mass is 366 g/mol. The van der Waals surface area contributed by atoms with E-state index in [0.717, 1.165) is 42.5 Å². The molecule has 0 saturated carbocycles. The Labute approximate surface area is 157 Å². The fraction of sp³-hybridized carbons (Fsp3) is 0.300. The average molecular weight is 366 g/mol. The van der Waals surface area contributed by atoms with Crippen LogP contribution >= 0.6 is 0 Å². The number of nitrogens with zero attached hydrogens (tertiary/aromatic N) is 3. The predicted molar refractivity (Wildman–Crippen MR) is 104 cm³/mol. The molecule has 0 spiro atoms. The number of ether oxygens (including phenoxy) is 2. The van der Waals surface area contributed by atoms with Crippen molar-refractivity contribution in [1.82, 2.24) is 9.97 Å². The van der Waals surface area contributed by atoms with Crippen molar-refractivity contribution in [2.45, 2.75) is 18.9 Å². The highest BCUT2D eigenvalue weighted by molar-refractivity contribution is 5.86. The summed E-state index contributed by atoms with van der Waals surface area (Å²) < 4.78 is 11.4. The Morgan fingerprint density at radius 3 is 2.56 bits per heavy atom. The molecular formula is C20H22N4O3. The molecule has 3 aromatic rings. The molecule has 0 unspecified atom stereocenters. The van der Waals surface area contributed by atoms with E-state index in [-0.39, 0.29) is 0 Å². The van der Waals surface area contributed by atoms with Gasteiger partial charge in [0, 0.05) is 25.9 Å². The summed E-state index contributed by atoms with van der Waals surface area (Å²) in [6, 6.07) is 13.1. The molecule has 0 aliphatic carbocycles. The van der Waals surface area contributed by atoms with Gasteiger partial charge in [-0.25, -0.2) is 9.97 Å². The molecule has 7 nitrogen and oxygen atoms in total. The Hall–Kier alpha value is -2.90. The Balaban J connectivity index is 1.56. The van der Waals surface area contributed by atoms with Crippen molar-refractivity contribution in [3.05, 3.63) is 48.8 Å². The third kappa shape index (κ3) is 3.79. The molecule has 0 bridgehead atoms. The number of aromatic nitrogens is 2. The summed E-state index contributed by atoms with van der Waals surface area (Å²) in [5.41, 5.74) is 4.69. The lowest BCUT2D eigenvalue weighted by Gasteiger charge is -2.33. The van der Waals surface area contributed by atoms with Gasteiger partial charge in [-0.05, 0) is 55.3 Å². The molecule has 140 valence electrons. The van der Waals surface area contributed by atoms with Gasteiger partial charge in [-0.15, -0.1) is 0 Å². The number of methoxy groups -OCH3 is 1. The standard InChI is InChI=1S/C20H22N4O3/c1-26-16-8-10-24(11-9-16)15-4-7-18-19(12-15)21-13-22-20(18)27-17-5-2-14(23-25)3-6-17/h2-7,12-13,16,23,25H,8-11H2,1H3. The quantitative estimate of drug-likeness (QED) is 0.664. The van der Waals surface area contributed by atoms with E-state index in [4.69, 9.17) is 14.7 Å². The SMILES string of the molecule is COC1CCN(c2ccc3c(Oc4ccc(NO)cc4)ncnc3c2)CC1. The van der Waals surface area contributed by atoms with Crippen molar-refractivity contribution in [1.29, 1.82) is 0 Å². The van der Waals surface area contributed by atoms with Crippen molar-refractivity contribution in [3.8, 4) is 11.6 Å². The number of anilines is 2. The maximum atomic E-state index is 8.90. The minimum Gasteiger partial charge on any atom is -0.438 e. The van der Waals surface area contributed by atoms with E-state index in [1.54, 1.807) is 31.4 Å². The number of piperidine rings is 1. The van der Waals surface area contributed by atoms with E-state index in [9.17, 15) is 0 Å². The van der Waals surface area contributed by atoms with Gasteiger partial charge in [-0.1, -0.05) is 0 Å². The fourth-order valence-electron chi connectivity index (χ4n) is 3.36. The van der Waals surface area contributed by atoms with Crippen LogP contribution in [0, 0.1) is 0 Å². The number of hydrogen-bond donors (Lipinski definition) is 2. The fourth-order valence-corrected chi connectivity index (χ4v) is 3.36. The summed E-state index contributed by atoms with van der Waals surface area (Å²) in [4.78, 5) is 11.1. The molecule has 0 amide bonds. The molecule has 2 heterocycles. The summed E-state index contributed by atoms with van der Waals surface area (Å²) in [7, 11) is 1.78. The van der Waals surface area contributed by atoms with Crippen LogP contribution in [0.2, 0.25) is 0 Å². The third-order valence-corrected chi connectivity index (χ3v) is 4.92. The first-order valence-corrected chi connectivity index (χ1v) is 8.97. The first kappa shape index (κ1) is 17.5. The second-order valence-corrected chi connectivity index (χ2v) is 6.54. The second kappa shape index (κ2) is 7.77. The number of fused-ring (bicyclic) bond motifs is 1. The highest BCUT2D eigenvalue weighted by Gasteiger charge is 2.19. The van der Waals surface area contributed by atoms with E-state index in [1.807, 2.05) is 6.07 Å². The van der Waals surface area contributed by atoms with E-state index in [2.05, 4.69) is 32.5 Å². The molecule has 1 fully saturated rings. The number of hydrogen-bond acceptors (Lipinski definition) is 7. The minimum atomic E-state index is 0.358. The number of rotatable bonds is 5. The van der Waals surface area contributed by atoms with Crippen LogP contribution < -0.4 is 15.1 Å². The summed E-state index contributed by atoms with van der Waals surface area (Å²) in [5.74, 6) is 1.15. The van der Waals surface area contributed by atoms with Crippen LogP contribution in [-0.4, -0.2) is 41.5 Å². The van der Waals surface area contributed by atoms with Gasteiger partial charge in [-0.3, -0.25) is 10.7 Å². The van der Waals surface area contributed by atoms with Crippen LogP contribution in [0.15, 0.2) is 48.8 Å². The van der Waals surface area contributed by atoms with Gasteiger partial charge in [-0.2, -0.15) is 0 Å². The third-order valence-electron chi connectivity index (χ3n) is 4.92. The minimum absolute atomic E-state index is 0.358. The molecule has 7 heteroatoms. The molecule has 4 rings (SSSR count). The molecule has 1 aliphatic rings. The molecule has 1 saturated heterocycles. The van der Waals surface area contributed by atoms with E-state index >= 15 is 0 Å². The van der Waals surface area contributed by atoms with Crippen LogP contribution in [0.25, 0.3) is 10.9 Å². The van der Waals surface area contributed by atoms with Gasteiger partial charge in [0.15, 0.2) is 0 Å². The van der Waals surface area contributed by atoms with Gasteiger partial charge in [0.1, 0.15) is 12.1 Å². The van der Waals surface area contributed by atoms with E-state index in [1.165, 1.54) is 6.33 Å². The zero-order chi connectivity index (χ0) is 18.6. The van der Waals surface area contributed by atoms with Crippen LogP contribution in [0.3, 0.4) is 0 Å². The summed E-state index contributed by atoms with van der Waals surface area (Å²) in [6.07, 6.45) is 3.94. The normalized spacial score (nSPS) is 15.1. The molecular weight excluding hydrogens is 344 g/mol. The Morgan fingerprint density at radius 1 is 1.07 bits per heavy atom. The van der Waals surface area contributed by atoms with Gasteiger partial charge in [0.05, 0.1) is 22.7 Å². The lowest BCUT2D eigenvalue weighted by molar-refractivity contribution is 0.0819. The van der Waals surface area contributed by atoms with Crippen LogP contribution in [-0.2, 0) is 4.74 Å². The van der Waals surface area contributed by atoms with Crippen molar-refractivity contribution < 1.29 is 14.7 Å². The lowest BCUT2D eigenvalue weighted by Crippen LogP contribution is -2.36. The van der Waals surface area contributed by atoms with Crippen molar-refractivity contribution >= 4 is 22.3 Å². The van der Waals surface area contributed by atoms with Gasteiger partial charge >= 0.3 is 0 Å². The molecule has 2 aromatic carbocycles. The molecule has 27 heavy (non-hydrogen) atoms. The van der Waals surface area contributed by atoms with Crippen LogP contribution in [0.4, 0.5) is 11.4 Å². The van der Waals surface area contributed by atoms with E-state index < -0.39 is 0 Å². The molecule has 2 N–H and O–H groups in total. The highest BCUT2D eigenvalue weighted by Crippen LogP contribution is 2.30. The Kier molecular flexibility index (Phi) is 5.04. The predicted octanol–water partition coefficient (Wildman–Crippen LogP) is 3.84. The molecule has 1 aliphatic heterocycles. The number of benzene rings is 2. The zero-order valence-electron chi connectivity index (χ0n) is 15.1. The summed E-state index contributed by atoms with van der Waals surface area (Å²) >= 11 is 0.